The average molecular weight is 441 g/mol. The molecule has 0 spiro atoms. The molecule has 4 rings (SSSR count). The Bertz CT molecular complexity index is 1040. The van der Waals surface area contributed by atoms with Crippen LogP contribution in [0.4, 0.5) is 4.39 Å². The lowest BCUT2D eigenvalue weighted by atomic mass is 9.96. The van der Waals surface area contributed by atoms with Gasteiger partial charge in [-0.25, -0.2) is 4.39 Å². The molecule has 3 aromatic rings. The summed E-state index contributed by atoms with van der Waals surface area (Å²) >= 11 is 5.83. The summed E-state index contributed by atoms with van der Waals surface area (Å²) in [5.41, 5.74) is 3.37. The van der Waals surface area contributed by atoms with E-state index in [1.54, 1.807) is 24.2 Å². The molecule has 7 heteroatoms. The van der Waals surface area contributed by atoms with Crippen LogP contribution in [-0.4, -0.2) is 39.5 Å². The maximum atomic E-state index is 13.9. The van der Waals surface area contributed by atoms with Gasteiger partial charge >= 0.3 is 0 Å². The van der Waals surface area contributed by atoms with Gasteiger partial charge in [-0.3, -0.25) is 14.8 Å². The number of rotatable bonds is 6. The van der Waals surface area contributed by atoms with Gasteiger partial charge in [-0.15, -0.1) is 0 Å². The number of nitrogens with one attached hydrogen (secondary N) is 1. The molecule has 1 amide bonds. The van der Waals surface area contributed by atoms with Crippen molar-refractivity contribution in [1.82, 2.24) is 20.0 Å². The average Bonchev–Trinajstić information content (AvgIpc) is 3.26. The predicted octanol–water partition coefficient (Wildman–Crippen LogP) is 5.20. The highest BCUT2D eigenvalue weighted by Crippen LogP contribution is 2.33. The number of amides is 1. The van der Waals surface area contributed by atoms with Gasteiger partial charge in [-0.05, 0) is 42.6 Å². The predicted molar refractivity (Wildman–Crippen MR) is 119 cm³/mol. The Balaban J connectivity index is 1.53. The van der Waals surface area contributed by atoms with Gasteiger partial charge in [-0.1, -0.05) is 54.4 Å². The number of nitrogens with zero attached hydrogens (tertiary/aromatic N) is 3. The number of aromatic nitrogens is 2. The van der Waals surface area contributed by atoms with Gasteiger partial charge in [0.15, 0.2) is 0 Å². The minimum atomic E-state index is -0.410. The van der Waals surface area contributed by atoms with Gasteiger partial charge in [0.25, 0.3) is 5.91 Å². The molecular formula is C24H26ClFN4O. The van der Waals surface area contributed by atoms with Crippen LogP contribution < -0.4 is 0 Å². The summed E-state index contributed by atoms with van der Waals surface area (Å²) < 4.78 is 13.9. The second-order valence-corrected chi connectivity index (χ2v) is 8.48. The third kappa shape index (κ3) is 4.97. The van der Waals surface area contributed by atoms with Crippen molar-refractivity contribution in [3.8, 4) is 0 Å². The van der Waals surface area contributed by atoms with Gasteiger partial charge in [0, 0.05) is 20.1 Å². The summed E-state index contributed by atoms with van der Waals surface area (Å²) in [5.74, 6) is -0.469. The highest BCUT2D eigenvalue weighted by Gasteiger charge is 2.30. The van der Waals surface area contributed by atoms with Crippen LogP contribution in [0.1, 0.15) is 52.5 Å². The molecule has 1 atom stereocenters. The normalized spacial score (nSPS) is 16.9. The fraction of sp³-hybridized carbons (Fsp3) is 0.333. The van der Waals surface area contributed by atoms with Gasteiger partial charge in [0.05, 0.1) is 28.5 Å². The van der Waals surface area contributed by atoms with E-state index >= 15 is 0 Å². The zero-order valence-electron chi connectivity index (χ0n) is 17.5. The minimum Gasteiger partial charge on any atom is -0.337 e. The lowest BCUT2D eigenvalue weighted by Gasteiger charge is -2.35. The molecule has 2 heterocycles. The van der Waals surface area contributed by atoms with Crippen LogP contribution in [0, 0.1) is 5.82 Å². The quantitative estimate of drug-likeness (QED) is 0.573. The Labute approximate surface area is 186 Å². The number of benzene rings is 2. The van der Waals surface area contributed by atoms with Crippen molar-refractivity contribution >= 4 is 17.5 Å². The first-order valence-electron chi connectivity index (χ1n) is 10.5. The molecule has 31 heavy (non-hydrogen) atoms. The van der Waals surface area contributed by atoms with Crippen LogP contribution >= 0.6 is 11.6 Å². The minimum absolute atomic E-state index is 0.0269. The molecule has 2 aromatic carbocycles. The number of likely N-dealkylation sites (tertiary alicyclic amines) is 1. The smallest absolute Gasteiger partial charge is 0.257 e. The molecule has 1 aliphatic heterocycles. The monoisotopic (exact) mass is 440 g/mol. The van der Waals surface area contributed by atoms with Crippen molar-refractivity contribution in [3.05, 3.63) is 88.0 Å². The third-order valence-corrected chi connectivity index (χ3v) is 6.13. The molecule has 1 aromatic heterocycles. The molecule has 1 fully saturated rings. The first-order chi connectivity index (χ1) is 15.0. The van der Waals surface area contributed by atoms with Crippen LogP contribution in [0.3, 0.4) is 0 Å². The third-order valence-electron chi connectivity index (χ3n) is 5.83. The lowest BCUT2D eigenvalue weighted by Crippen LogP contribution is -2.35. The van der Waals surface area contributed by atoms with Gasteiger partial charge in [0.1, 0.15) is 5.82 Å². The number of H-pyrrole nitrogens is 1. The first kappa shape index (κ1) is 21.5. The van der Waals surface area contributed by atoms with Crippen LogP contribution in [0.15, 0.2) is 54.7 Å². The van der Waals surface area contributed by atoms with Crippen molar-refractivity contribution < 1.29 is 9.18 Å². The Morgan fingerprint density at radius 2 is 2.03 bits per heavy atom. The molecular weight excluding hydrogens is 415 g/mol. The van der Waals surface area contributed by atoms with E-state index in [9.17, 15) is 9.18 Å². The summed E-state index contributed by atoms with van der Waals surface area (Å²) in [6.45, 7) is 2.00. The zero-order chi connectivity index (χ0) is 21.8. The largest absolute Gasteiger partial charge is 0.337 e. The fourth-order valence-electron chi connectivity index (χ4n) is 4.23. The maximum absolute atomic E-state index is 13.9. The molecule has 0 unspecified atom stereocenters. The standard InChI is InChI=1S/C24H26ClFN4O/c1-29(15-17-7-3-2-4-8-17)24(31)19-14-27-28-23(19)22-9-5-6-12-30(22)16-18-10-11-20(25)21(26)13-18/h2-4,7-8,10-11,13-14,22H,5-6,9,12,15-16H2,1H3,(H,27,28)/t22-/m0/s1. The zero-order valence-corrected chi connectivity index (χ0v) is 18.3. The van der Waals surface area contributed by atoms with E-state index in [0.717, 1.165) is 42.6 Å². The van der Waals surface area contributed by atoms with Crippen LogP contribution in [0.25, 0.3) is 0 Å². The summed E-state index contributed by atoms with van der Waals surface area (Å²) in [5, 5.41) is 7.40. The molecule has 0 aliphatic carbocycles. The number of piperidine rings is 1. The Hall–Kier alpha value is -2.70. The molecule has 0 saturated carbocycles. The van der Waals surface area contributed by atoms with E-state index in [2.05, 4.69) is 15.1 Å². The molecule has 5 nitrogen and oxygen atoms in total. The van der Waals surface area contributed by atoms with Gasteiger partial charge < -0.3 is 4.90 Å². The maximum Gasteiger partial charge on any atom is 0.257 e. The number of hydrogen-bond acceptors (Lipinski definition) is 3. The Morgan fingerprint density at radius 1 is 1.23 bits per heavy atom. The number of hydrogen-bond donors (Lipinski definition) is 1. The Kier molecular flexibility index (Phi) is 6.68. The number of carbonyl (C=O) groups is 1. The topological polar surface area (TPSA) is 52.2 Å². The summed E-state index contributed by atoms with van der Waals surface area (Å²) in [7, 11) is 1.81. The van der Waals surface area contributed by atoms with Gasteiger partial charge in [0.2, 0.25) is 0 Å². The number of halogens is 2. The molecule has 1 aliphatic rings. The van der Waals surface area contributed by atoms with E-state index in [1.807, 2.05) is 36.4 Å². The van der Waals surface area contributed by atoms with Crippen molar-refractivity contribution in [2.45, 2.75) is 38.4 Å². The fourth-order valence-corrected chi connectivity index (χ4v) is 4.35. The molecule has 162 valence electrons. The summed E-state index contributed by atoms with van der Waals surface area (Å²) in [6, 6.07) is 14.9. The highest BCUT2D eigenvalue weighted by atomic mass is 35.5. The van der Waals surface area contributed by atoms with Crippen LogP contribution in [0.5, 0.6) is 0 Å². The Morgan fingerprint density at radius 3 is 2.81 bits per heavy atom. The van der Waals surface area contributed by atoms with E-state index < -0.39 is 5.82 Å². The first-order valence-corrected chi connectivity index (χ1v) is 10.9. The molecule has 0 radical (unpaired) electrons. The van der Waals surface area contributed by atoms with Crippen molar-refractivity contribution in [1.29, 1.82) is 0 Å². The second-order valence-electron chi connectivity index (χ2n) is 8.07. The van der Waals surface area contributed by atoms with Crippen LogP contribution in [-0.2, 0) is 13.1 Å². The summed E-state index contributed by atoms with van der Waals surface area (Å²) in [6.07, 6.45) is 4.68. The number of carbonyl (C=O) groups excluding carboxylic acids is 1. The second kappa shape index (κ2) is 9.62. The van der Waals surface area contributed by atoms with Crippen molar-refractivity contribution in [2.24, 2.45) is 0 Å². The molecule has 1 saturated heterocycles. The van der Waals surface area contributed by atoms with Crippen molar-refractivity contribution in [2.75, 3.05) is 13.6 Å². The lowest BCUT2D eigenvalue weighted by molar-refractivity contribution is 0.0776. The molecule has 1 N–H and O–H groups in total. The van der Waals surface area contributed by atoms with Crippen molar-refractivity contribution in [3.63, 3.8) is 0 Å². The number of aromatic amines is 1. The van der Waals surface area contributed by atoms with E-state index in [-0.39, 0.29) is 17.0 Å². The van der Waals surface area contributed by atoms with E-state index in [4.69, 9.17) is 11.6 Å². The molecule has 0 bridgehead atoms. The highest BCUT2D eigenvalue weighted by molar-refractivity contribution is 6.30. The van der Waals surface area contributed by atoms with Gasteiger partial charge in [-0.2, -0.15) is 5.10 Å². The van der Waals surface area contributed by atoms with E-state index in [1.165, 1.54) is 6.07 Å². The van der Waals surface area contributed by atoms with Crippen LogP contribution in [0.2, 0.25) is 5.02 Å². The SMILES string of the molecule is CN(Cc1ccccc1)C(=O)c1cn[nH]c1[C@@H]1CCCCN1Cc1ccc(Cl)c(F)c1. The van der Waals surface area contributed by atoms with E-state index in [0.29, 0.717) is 18.7 Å². The summed E-state index contributed by atoms with van der Waals surface area (Å²) in [4.78, 5) is 17.2.